The highest BCUT2D eigenvalue weighted by molar-refractivity contribution is 7.92. The fourth-order valence-electron chi connectivity index (χ4n) is 4.23. The Bertz CT molecular complexity index is 1570. The van der Waals surface area contributed by atoms with Crippen LogP contribution in [0, 0.1) is 6.92 Å². The van der Waals surface area contributed by atoms with E-state index in [9.17, 15) is 18.0 Å². The maximum absolute atomic E-state index is 14.2. The lowest BCUT2D eigenvalue weighted by molar-refractivity contribution is -0.140. The summed E-state index contributed by atoms with van der Waals surface area (Å²) in [5, 5.41) is 3.51. The normalized spacial score (nSPS) is 12.3. The fraction of sp³-hybridized carbons (Fsp3) is 0.355. The summed E-state index contributed by atoms with van der Waals surface area (Å²) < 4.78 is 40.1. The summed E-state index contributed by atoms with van der Waals surface area (Å²) in [5.41, 5.74) is 0.993. The molecular formula is C31H37Cl2N3O6S. The van der Waals surface area contributed by atoms with Gasteiger partial charge in [-0.2, -0.15) is 0 Å². The van der Waals surface area contributed by atoms with Crippen LogP contribution in [0.2, 0.25) is 10.0 Å². The minimum absolute atomic E-state index is 0.0228. The van der Waals surface area contributed by atoms with Crippen LogP contribution in [0.3, 0.4) is 0 Å². The molecule has 0 aliphatic heterocycles. The van der Waals surface area contributed by atoms with E-state index in [-0.39, 0.29) is 27.9 Å². The van der Waals surface area contributed by atoms with Crippen molar-refractivity contribution in [2.45, 2.75) is 57.6 Å². The first kappa shape index (κ1) is 34.0. The predicted molar refractivity (Wildman–Crippen MR) is 170 cm³/mol. The van der Waals surface area contributed by atoms with Gasteiger partial charge in [-0.05, 0) is 76.6 Å². The monoisotopic (exact) mass is 649 g/mol. The van der Waals surface area contributed by atoms with Gasteiger partial charge in [0.05, 0.1) is 34.8 Å². The van der Waals surface area contributed by atoms with Gasteiger partial charge in [0.15, 0.2) is 0 Å². The van der Waals surface area contributed by atoms with Crippen molar-refractivity contribution < 1.29 is 27.5 Å². The van der Waals surface area contributed by atoms with Crippen molar-refractivity contribution in [2.75, 3.05) is 25.1 Å². The third-order valence-electron chi connectivity index (χ3n) is 6.54. The fourth-order valence-corrected chi connectivity index (χ4v) is 5.97. The quantitative estimate of drug-likeness (QED) is 0.280. The Morgan fingerprint density at radius 3 is 2.14 bits per heavy atom. The van der Waals surface area contributed by atoms with E-state index in [2.05, 4.69) is 5.32 Å². The second kappa shape index (κ2) is 13.9. The predicted octanol–water partition coefficient (Wildman–Crippen LogP) is 5.85. The molecule has 3 aromatic rings. The van der Waals surface area contributed by atoms with Crippen LogP contribution in [-0.4, -0.2) is 57.5 Å². The van der Waals surface area contributed by atoms with Gasteiger partial charge in [0.1, 0.15) is 24.1 Å². The molecule has 0 aliphatic rings. The van der Waals surface area contributed by atoms with Gasteiger partial charge in [0.2, 0.25) is 11.8 Å². The van der Waals surface area contributed by atoms with E-state index in [0.717, 1.165) is 9.87 Å². The topological polar surface area (TPSA) is 105 Å². The number of amides is 2. The number of benzene rings is 3. The standard InChI is InChI=1S/C31H37Cl2N3O6S/c1-20-8-12-24(13-9-20)43(39,40)36(27-17-23(41-6)11-15-28(27)42-7)19-29(37)35(21(2)30(38)34-31(3,4)5)18-22-10-14-25(32)26(33)16-22/h8-17,21H,18-19H2,1-7H3,(H,34,38)/t21-/m0/s1. The summed E-state index contributed by atoms with van der Waals surface area (Å²) in [7, 11) is -1.46. The molecule has 0 saturated heterocycles. The number of hydrogen-bond donors (Lipinski definition) is 1. The highest BCUT2D eigenvalue weighted by atomic mass is 35.5. The number of aryl methyl sites for hydroxylation is 1. The van der Waals surface area contributed by atoms with Crippen molar-refractivity contribution in [1.82, 2.24) is 10.2 Å². The van der Waals surface area contributed by atoms with E-state index in [0.29, 0.717) is 16.3 Å². The average Bonchev–Trinajstić information content (AvgIpc) is 2.94. The molecule has 0 fully saturated rings. The Labute approximate surface area is 263 Å². The zero-order valence-electron chi connectivity index (χ0n) is 25.3. The molecule has 0 spiro atoms. The number of rotatable bonds is 11. The van der Waals surface area contributed by atoms with Crippen LogP contribution in [-0.2, 0) is 26.2 Å². The molecule has 2 amide bonds. The minimum atomic E-state index is -4.31. The number of methoxy groups -OCH3 is 2. The maximum atomic E-state index is 14.2. The molecule has 0 aliphatic carbocycles. The average molecular weight is 651 g/mol. The number of sulfonamides is 1. The number of nitrogens with zero attached hydrogens (tertiary/aromatic N) is 2. The molecule has 232 valence electrons. The molecule has 0 bridgehead atoms. The van der Waals surface area contributed by atoms with Crippen LogP contribution in [0.4, 0.5) is 5.69 Å². The molecule has 0 saturated carbocycles. The Kier molecular flexibility index (Phi) is 11.0. The van der Waals surface area contributed by atoms with E-state index in [1.165, 1.54) is 37.3 Å². The first-order valence-corrected chi connectivity index (χ1v) is 15.6. The molecule has 0 unspecified atom stereocenters. The zero-order valence-corrected chi connectivity index (χ0v) is 27.6. The number of carbonyl (C=O) groups excluding carboxylic acids is 2. The highest BCUT2D eigenvalue weighted by Gasteiger charge is 2.34. The van der Waals surface area contributed by atoms with Crippen LogP contribution >= 0.6 is 23.2 Å². The van der Waals surface area contributed by atoms with Crippen molar-refractivity contribution in [3.05, 3.63) is 81.8 Å². The molecule has 0 heterocycles. The van der Waals surface area contributed by atoms with Crippen molar-refractivity contribution in [3.63, 3.8) is 0 Å². The van der Waals surface area contributed by atoms with Gasteiger partial charge in [-0.15, -0.1) is 0 Å². The van der Waals surface area contributed by atoms with Crippen molar-refractivity contribution in [2.24, 2.45) is 0 Å². The molecule has 0 radical (unpaired) electrons. The van der Waals surface area contributed by atoms with Crippen LogP contribution in [0.1, 0.15) is 38.8 Å². The second-order valence-electron chi connectivity index (χ2n) is 11.0. The van der Waals surface area contributed by atoms with E-state index in [4.69, 9.17) is 32.7 Å². The third-order valence-corrected chi connectivity index (χ3v) is 9.06. The lowest BCUT2D eigenvalue weighted by Crippen LogP contribution is -2.54. The van der Waals surface area contributed by atoms with Crippen LogP contribution in [0.15, 0.2) is 65.6 Å². The first-order valence-electron chi connectivity index (χ1n) is 13.4. The molecule has 1 atom stereocenters. The number of halogens is 2. The molecule has 3 aromatic carbocycles. The largest absolute Gasteiger partial charge is 0.497 e. The van der Waals surface area contributed by atoms with E-state index < -0.39 is 40.0 Å². The Morgan fingerprint density at radius 1 is 0.930 bits per heavy atom. The summed E-state index contributed by atoms with van der Waals surface area (Å²) in [4.78, 5) is 28.8. The highest BCUT2D eigenvalue weighted by Crippen LogP contribution is 2.36. The zero-order chi connectivity index (χ0) is 32.1. The van der Waals surface area contributed by atoms with Crippen molar-refractivity contribution in [1.29, 1.82) is 0 Å². The number of ether oxygens (including phenoxy) is 2. The lowest BCUT2D eigenvalue weighted by atomic mass is 10.1. The number of nitrogens with one attached hydrogen (secondary N) is 1. The second-order valence-corrected chi connectivity index (χ2v) is 13.7. The van der Waals surface area contributed by atoms with Crippen LogP contribution < -0.4 is 19.1 Å². The molecule has 43 heavy (non-hydrogen) atoms. The van der Waals surface area contributed by atoms with E-state index in [1.54, 1.807) is 49.4 Å². The summed E-state index contributed by atoms with van der Waals surface area (Å²) in [6.45, 7) is 8.22. The molecule has 0 aromatic heterocycles. The van der Waals surface area contributed by atoms with Gasteiger partial charge in [-0.1, -0.05) is 47.0 Å². The molecule has 3 rings (SSSR count). The van der Waals surface area contributed by atoms with Gasteiger partial charge < -0.3 is 19.7 Å². The Morgan fingerprint density at radius 2 is 1.58 bits per heavy atom. The van der Waals surface area contributed by atoms with E-state index in [1.807, 2.05) is 27.7 Å². The summed E-state index contributed by atoms with van der Waals surface area (Å²) in [5.74, 6) is -0.479. The maximum Gasteiger partial charge on any atom is 0.264 e. The van der Waals surface area contributed by atoms with Crippen LogP contribution in [0.25, 0.3) is 0 Å². The van der Waals surface area contributed by atoms with Gasteiger partial charge in [0, 0.05) is 18.2 Å². The van der Waals surface area contributed by atoms with Gasteiger partial charge >= 0.3 is 0 Å². The van der Waals surface area contributed by atoms with Gasteiger partial charge in [-0.3, -0.25) is 13.9 Å². The Balaban J connectivity index is 2.14. The lowest BCUT2D eigenvalue weighted by Gasteiger charge is -2.34. The van der Waals surface area contributed by atoms with Crippen molar-refractivity contribution in [3.8, 4) is 11.5 Å². The summed E-state index contributed by atoms with van der Waals surface area (Å²) in [6.07, 6.45) is 0. The molecule has 12 heteroatoms. The van der Waals surface area contributed by atoms with Crippen LogP contribution in [0.5, 0.6) is 11.5 Å². The summed E-state index contributed by atoms with van der Waals surface area (Å²) >= 11 is 12.3. The van der Waals surface area contributed by atoms with E-state index >= 15 is 0 Å². The number of anilines is 1. The molecule has 9 nitrogen and oxygen atoms in total. The number of hydrogen-bond acceptors (Lipinski definition) is 6. The molecular weight excluding hydrogens is 613 g/mol. The number of carbonyl (C=O) groups is 2. The third kappa shape index (κ3) is 8.55. The van der Waals surface area contributed by atoms with Gasteiger partial charge in [-0.25, -0.2) is 8.42 Å². The first-order chi connectivity index (χ1) is 20.1. The summed E-state index contributed by atoms with van der Waals surface area (Å²) in [6, 6.07) is 14.9. The van der Waals surface area contributed by atoms with Crippen molar-refractivity contribution >= 4 is 50.7 Å². The minimum Gasteiger partial charge on any atom is -0.497 e. The smallest absolute Gasteiger partial charge is 0.264 e. The van der Waals surface area contributed by atoms with Gasteiger partial charge in [0.25, 0.3) is 10.0 Å². The SMILES string of the molecule is COc1ccc(OC)c(N(CC(=O)N(Cc2ccc(Cl)c(Cl)c2)[C@@H](C)C(=O)NC(C)(C)C)S(=O)(=O)c2ccc(C)cc2)c1. The molecule has 1 N–H and O–H groups in total. The Hall–Kier alpha value is -3.47.